The number of rotatable bonds is 4. The van der Waals surface area contributed by atoms with Gasteiger partial charge in [0.25, 0.3) is 0 Å². The van der Waals surface area contributed by atoms with E-state index in [1.54, 1.807) is 0 Å². The van der Waals surface area contributed by atoms with Crippen LogP contribution in [0.2, 0.25) is 0 Å². The fourth-order valence-corrected chi connectivity index (χ4v) is 3.54. The van der Waals surface area contributed by atoms with Crippen LogP contribution >= 0.6 is 0 Å². The van der Waals surface area contributed by atoms with E-state index in [-0.39, 0.29) is 0 Å². The minimum absolute atomic E-state index is 0.879. The molecule has 2 rings (SSSR count). The van der Waals surface area contributed by atoms with Gasteiger partial charge in [0.15, 0.2) is 0 Å². The molecule has 17 heavy (non-hydrogen) atoms. The average Bonchev–Trinajstić information content (AvgIpc) is 2.59. The Morgan fingerprint density at radius 3 is 2.76 bits per heavy atom. The van der Waals surface area contributed by atoms with Crippen LogP contribution in [0.5, 0.6) is 0 Å². The number of hydrogen-bond acceptors (Lipinski definition) is 2. The highest BCUT2D eigenvalue weighted by Crippen LogP contribution is 2.24. The summed E-state index contributed by atoms with van der Waals surface area (Å²) in [5.41, 5.74) is 0. The summed E-state index contributed by atoms with van der Waals surface area (Å²) in [5.74, 6) is 2.80. The Balaban J connectivity index is 1.74. The molecule has 3 unspecified atom stereocenters. The van der Waals surface area contributed by atoms with Crippen molar-refractivity contribution in [1.29, 1.82) is 0 Å². The molecule has 2 heteroatoms. The van der Waals surface area contributed by atoms with Crippen LogP contribution < -0.4 is 5.32 Å². The second-order valence-corrected chi connectivity index (χ2v) is 6.28. The van der Waals surface area contributed by atoms with E-state index in [4.69, 9.17) is 0 Å². The fourth-order valence-electron chi connectivity index (χ4n) is 3.54. The Hall–Kier alpha value is -0.0800. The third kappa shape index (κ3) is 3.96. The molecule has 2 heterocycles. The zero-order valence-corrected chi connectivity index (χ0v) is 11.8. The summed E-state index contributed by atoms with van der Waals surface area (Å²) in [6.45, 7) is 11.3. The first-order valence-corrected chi connectivity index (χ1v) is 7.72. The standard InChI is InChI=1S/C15H30N2/c1-3-5-14-6-4-8-17(9-7-14)12-15-11-16-10-13(15)2/h13-16H,3-12H2,1-2H3. The third-order valence-electron chi connectivity index (χ3n) is 4.81. The Labute approximate surface area is 107 Å². The second-order valence-electron chi connectivity index (χ2n) is 6.28. The van der Waals surface area contributed by atoms with Gasteiger partial charge >= 0.3 is 0 Å². The van der Waals surface area contributed by atoms with Crippen LogP contribution in [0.3, 0.4) is 0 Å². The van der Waals surface area contributed by atoms with Gasteiger partial charge in [-0.1, -0.05) is 26.7 Å². The predicted molar refractivity (Wildman–Crippen MR) is 74.2 cm³/mol. The van der Waals surface area contributed by atoms with Gasteiger partial charge in [0.05, 0.1) is 0 Å². The molecule has 0 aliphatic carbocycles. The SMILES string of the molecule is CCCC1CCCN(CC2CNCC2C)CC1. The molecular weight excluding hydrogens is 208 g/mol. The van der Waals surface area contributed by atoms with E-state index < -0.39 is 0 Å². The van der Waals surface area contributed by atoms with Crippen LogP contribution in [0, 0.1) is 17.8 Å². The fraction of sp³-hybridized carbons (Fsp3) is 1.00. The number of likely N-dealkylation sites (tertiary alicyclic amines) is 1. The van der Waals surface area contributed by atoms with Gasteiger partial charge in [-0.3, -0.25) is 0 Å². The lowest BCUT2D eigenvalue weighted by atomic mass is 9.96. The van der Waals surface area contributed by atoms with Gasteiger partial charge in [-0.2, -0.15) is 0 Å². The summed E-state index contributed by atoms with van der Waals surface area (Å²) >= 11 is 0. The summed E-state index contributed by atoms with van der Waals surface area (Å²) in [5, 5.41) is 3.53. The van der Waals surface area contributed by atoms with E-state index in [1.807, 2.05) is 0 Å². The first-order valence-electron chi connectivity index (χ1n) is 7.72. The van der Waals surface area contributed by atoms with Gasteiger partial charge in [0, 0.05) is 6.54 Å². The molecule has 1 N–H and O–H groups in total. The summed E-state index contributed by atoms with van der Waals surface area (Å²) in [4.78, 5) is 2.74. The van der Waals surface area contributed by atoms with Crippen molar-refractivity contribution in [2.45, 2.75) is 46.0 Å². The van der Waals surface area contributed by atoms with E-state index in [1.165, 1.54) is 64.8 Å². The Morgan fingerprint density at radius 1 is 1.18 bits per heavy atom. The molecule has 0 saturated carbocycles. The molecule has 2 aliphatic rings. The van der Waals surface area contributed by atoms with Gasteiger partial charge in [0.1, 0.15) is 0 Å². The van der Waals surface area contributed by atoms with Crippen molar-refractivity contribution in [3.8, 4) is 0 Å². The van der Waals surface area contributed by atoms with Crippen molar-refractivity contribution >= 4 is 0 Å². The van der Waals surface area contributed by atoms with Crippen molar-refractivity contribution < 1.29 is 0 Å². The largest absolute Gasteiger partial charge is 0.316 e. The predicted octanol–water partition coefficient (Wildman–Crippen LogP) is 2.74. The first-order chi connectivity index (χ1) is 8.29. The highest BCUT2D eigenvalue weighted by Gasteiger charge is 2.26. The molecule has 100 valence electrons. The number of nitrogens with one attached hydrogen (secondary N) is 1. The van der Waals surface area contributed by atoms with E-state index in [2.05, 4.69) is 24.1 Å². The maximum Gasteiger partial charge on any atom is 0.00248 e. The molecule has 2 fully saturated rings. The smallest absolute Gasteiger partial charge is 0.00248 e. The third-order valence-corrected chi connectivity index (χ3v) is 4.81. The molecule has 0 aromatic heterocycles. The van der Waals surface area contributed by atoms with Crippen LogP contribution in [0.1, 0.15) is 46.0 Å². The van der Waals surface area contributed by atoms with Gasteiger partial charge in [0.2, 0.25) is 0 Å². The molecule has 2 saturated heterocycles. The van der Waals surface area contributed by atoms with Crippen LogP contribution in [0.4, 0.5) is 0 Å². The van der Waals surface area contributed by atoms with E-state index in [9.17, 15) is 0 Å². The molecule has 0 aromatic rings. The average molecular weight is 238 g/mol. The molecule has 3 atom stereocenters. The zero-order chi connectivity index (χ0) is 12.1. The van der Waals surface area contributed by atoms with Crippen molar-refractivity contribution in [2.75, 3.05) is 32.7 Å². The maximum absolute atomic E-state index is 3.53. The van der Waals surface area contributed by atoms with Crippen molar-refractivity contribution in [1.82, 2.24) is 10.2 Å². The molecule has 0 bridgehead atoms. The summed E-state index contributed by atoms with van der Waals surface area (Å²) < 4.78 is 0. The highest BCUT2D eigenvalue weighted by atomic mass is 15.1. The van der Waals surface area contributed by atoms with Crippen LogP contribution in [-0.2, 0) is 0 Å². The molecule has 2 nitrogen and oxygen atoms in total. The van der Waals surface area contributed by atoms with E-state index in [0.29, 0.717) is 0 Å². The number of nitrogens with zero attached hydrogens (tertiary/aromatic N) is 1. The van der Waals surface area contributed by atoms with Crippen LogP contribution in [-0.4, -0.2) is 37.6 Å². The van der Waals surface area contributed by atoms with Crippen LogP contribution in [0.15, 0.2) is 0 Å². The normalized spacial score (nSPS) is 36.0. The lowest BCUT2D eigenvalue weighted by Gasteiger charge is -2.25. The molecule has 0 amide bonds. The minimum atomic E-state index is 0.879. The van der Waals surface area contributed by atoms with Gasteiger partial charge in [-0.25, -0.2) is 0 Å². The Kier molecular flexibility index (Phi) is 5.30. The van der Waals surface area contributed by atoms with Gasteiger partial charge in [-0.05, 0) is 63.2 Å². The zero-order valence-electron chi connectivity index (χ0n) is 11.8. The van der Waals surface area contributed by atoms with E-state index in [0.717, 1.165) is 17.8 Å². The molecular formula is C15H30N2. The van der Waals surface area contributed by atoms with E-state index >= 15 is 0 Å². The monoisotopic (exact) mass is 238 g/mol. The molecule has 0 aromatic carbocycles. The van der Waals surface area contributed by atoms with Gasteiger partial charge in [-0.15, -0.1) is 0 Å². The summed E-state index contributed by atoms with van der Waals surface area (Å²) in [6.07, 6.45) is 7.17. The summed E-state index contributed by atoms with van der Waals surface area (Å²) in [7, 11) is 0. The lowest BCUT2D eigenvalue weighted by molar-refractivity contribution is 0.222. The van der Waals surface area contributed by atoms with Crippen LogP contribution in [0.25, 0.3) is 0 Å². The lowest BCUT2D eigenvalue weighted by Crippen LogP contribution is -2.33. The van der Waals surface area contributed by atoms with Crippen molar-refractivity contribution in [2.24, 2.45) is 17.8 Å². The Bertz CT molecular complexity index is 217. The Morgan fingerprint density at radius 2 is 2.06 bits per heavy atom. The first kappa shape index (κ1) is 13.4. The topological polar surface area (TPSA) is 15.3 Å². The second kappa shape index (κ2) is 6.75. The maximum atomic E-state index is 3.53. The molecule has 2 aliphatic heterocycles. The quantitative estimate of drug-likeness (QED) is 0.810. The van der Waals surface area contributed by atoms with Crippen molar-refractivity contribution in [3.63, 3.8) is 0 Å². The van der Waals surface area contributed by atoms with Gasteiger partial charge < -0.3 is 10.2 Å². The molecule has 0 spiro atoms. The minimum Gasteiger partial charge on any atom is -0.316 e. The number of hydrogen-bond donors (Lipinski definition) is 1. The van der Waals surface area contributed by atoms with Crippen molar-refractivity contribution in [3.05, 3.63) is 0 Å². The highest BCUT2D eigenvalue weighted by molar-refractivity contribution is 4.81. The summed E-state index contributed by atoms with van der Waals surface area (Å²) in [6, 6.07) is 0. The molecule has 0 radical (unpaired) electrons.